The van der Waals surface area contributed by atoms with Crippen LogP contribution in [0.3, 0.4) is 0 Å². The quantitative estimate of drug-likeness (QED) is 0.697. The summed E-state index contributed by atoms with van der Waals surface area (Å²) in [6.07, 6.45) is 0. The van der Waals surface area contributed by atoms with Crippen molar-refractivity contribution in [2.75, 3.05) is 5.73 Å². The normalized spacial score (nSPS) is 12.5. The van der Waals surface area contributed by atoms with E-state index in [-0.39, 0.29) is 5.41 Å². The Labute approximate surface area is 80.4 Å². The highest BCUT2D eigenvalue weighted by Gasteiger charge is 2.20. The van der Waals surface area contributed by atoms with Crippen molar-refractivity contribution >= 4 is 22.2 Å². The van der Waals surface area contributed by atoms with Crippen molar-refractivity contribution in [2.24, 2.45) is 0 Å². The average molecular weight is 196 g/mol. The first kappa shape index (κ1) is 8.50. The van der Waals surface area contributed by atoms with E-state index in [9.17, 15) is 0 Å². The van der Waals surface area contributed by atoms with Gasteiger partial charge in [0.25, 0.3) is 0 Å². The third kappa shape index (κ3) is 1.29. The van der Waals surface area contributed by atoms with Crippen molar-refractivity contribution in [3.05, 3.63) is 11.1 Å². The molecule has 0 saturated carbocycles. The van der Waals surface area contributed by atoms with E-state index in [1.165, 1.54) is 0 Å². The number of fused-ring (bicyclic) bond motifs is 1. The summed E-state index contributed by atoms with van der Waals surface area (Å²) in [7, 11) is 0. The van der Waals surface area contributed by atoms with Crippen LogP contribution < -0.4 is 5.73 Å². The number of thiazole rings is 1. The molecular weight excluding hydrogens is 184 g/mol. The molecule has 0 aromatic carbocycles. The number of hydrogen-bond acceptors (Lipinski definition) is 4. The van der Waals surface area contributed by atoms with Crippen LogP contribution in [-0.2, 0) is 5.41 Å². The Bertz CT molecular complexity index is 434. The van der Waals surface area contributed by atoms with E-state index in [1.54, 1.807) is 11.3 Å². The number of nitrogens with two attached hydrogens (primary N) is 1. The smallest absolute Gasteiger partial charge is 0.241 e. The largest absolute Gasteiger partial charge is 0.366 e. The lowest BCUT2D eigenvalue weighted by Crippen LogP contribution is -2.14. The van der Waals surface area contributed by atoms with Crippen molar-refractivity contribution in [1.29, 1.82) is 0 Å². The lowest BCUT2D eigenvalue weighted by molar-refractivity contribution is 0.553. The maximum absolute atomic E-state index is 5.51. The van der Waals surface area contributed by atoms with E-state index in [0.717, 1.165) is 10.7 Å². The van der Waals surface area contributed by atoms with Crippen molar-refractivity contribution in [3.63, 3.8) is 0 Å². The number of nitrogen functional groups attached to an aromatic ring is 1. The van der Waals surface area contributed by atoms with Crippen molar-refractivity contribution in [3.8, 4) is 0 Å². The predicted octanol–water partition coefficient (Wildman–Crippen LogP) is 1.67. The molecule has 4 nitrogen and oxygen atoms in total. The number of rotatable bonds is 0. The van der Waals surface area contributed by atoms with Gasteiger partial charge in [-0.05, 0) is 0 Å². The Morgan fingerprint density at radius 1 is 1.46 bits per heavy atom. The molecule has 0 radical (unpaired) electrons. The van der Waals surface area contributed by atoms with Gasteiger partial charge in [0.2, 0.25) is 10.9 Å². The lowest BCUT2D eigenvalue weighted by Gasteiger charge is -2.15. The minimum atomic E-state index is 0.0817. The Balaban J connectivity index is 2.70. The van der Waals surface area contributed by atoms with Crippen molar-refractivity contribution < 1.29 is 0 Å². The molecule has 0 aliphatic carbocycles. The summed E-state index contributed by atoms with van der Waals surface area (Å²) >= 11 is 1.57. The van der Waals surface area contributed by atoms with E-state index in [1.807, 2.05) is 4.52 Å². The van der Waals surface area contributed by atoms with Crippen LogP contribution in [0.5, 0.6) is 0 Å². The van der Waals surface area contributed by atoms with E-state index in [0.29, 0.717) is 5.95 Å². The second kappa shape index (κ2) is 2.45. The van der Waals surface area contributed by atoms with Gasteiger partial charge in [0, 0.05) is 10.8 Å². The number of hydrogen-bond donors (Lipinski definition) is 1. The first-order chi connectivity index (χ1) is 5.98. The molecule has 0 fully saturated rings. The van der Waals surface area contributed by atoms with Gasteiger partial charge in [0.05, 0.1) is 5.69 Å². The Morgan fingerprint density at radius 2 is 2.15 bits per heavy atom. The van der Waals surface area contributed by atoms with Gasteiger partial charge in [-0.15, -0.1) is 16.4 Å². The Kier molecular flexibility index (Phi) is 1.60. The van der Waals surface area contributed by atoms with Crippen LogP contribution >= 0.6 is 11.3 Å². The summed E-state index contributed by atoms with van der Waals surface area (Å²) in [5.41, 5.74) is 6.74. The highest BCUT2D eigenvalue weighted by Crippen LogP contribution is 2.26. The molecule has 0 spiro atoms. The van der Waals surface area contributed by atoms with Crippen LogP contribution in [0, 0.1) is 0 Å². The van der Waals surface area contributed by atoms with Crippen LogP contribution in [0.25, 0.3) is 4.96 Å². The second-order valence-corrected chi connectivity index (χ2v) is 4.87. The molecule has 0 unspecified atom stereocenters. The molecule has 0 bridgehead atoms. The zero-order chi connectivity index (χ0) is 9.64. The van der Waals surface area contributed by atoms with Crippen molar-refractivity contribution in [1.82, 2.24) is 14.6 Å². The highest BCUT2D eigenvalue weighted by molar-refractivity contribution is 7.15. The highest BCUT2D eigenvalue weighted by atomic mass is 32.1. The summed E-state index contributed by atoms with van der Waals surface area (Å²) in [5.74, 6) is 0.345. The monoisotopic (exact) mass is 196 g/mol. The zero-order valence-corrected chi connectivity index (χ0v) is 8.72. The predicted molar refractivity (Wildman–Crippen MR) is 54.0 cm³/mol. The van der Waals surface area contributed by atoms with Crippen LogP contribution in [0.1, 0.15) is 26.5 Å². The van der Waals surface area contributed by atoms with Crippen LogP contribution in [0.4, 0.5) is 5.95 Å². The minimum absolute atomic E-state index is 0.0817. The van der Waals surface area contributed by atoms with Gasteiger partial charge in [-0.2, -0.15) is 4.98 Å². The molecule has 0 atom stereocenters. The molecule has 0 aliphatic heterocycles. The number of aromatic nitrogens is 3. The van der Waals surface area contributed by atoms with Gasteiger partial charge < -0.3 is 5.73 Å². The third-order valence-corrected chi connectivity index (χ3v) is 2.68. The Morgan fingerprint density at radius 3 is 2.77 bits per heavy atom. The molecule has 0 saturated heterocycles. The van der Waals surface area contributed by atoms with E-state index < -0.39 is 0 Å². The minimum Gasteiger partial charge on any atom is -0.366 e. The molecule has 2 aromatic heterocycles. The van der Waals surface area contributed by atoms with Crippen molar-refractivity contribution in [2.45, 2.75) is 26.2 Å². The fourth-order valence-electron chi connectivity index (χ4n) is 1.20. The zero-order valence-electron chi connectivity index (χ0n) is 7.90. The summed E-state index contributed by atoms with van der Waals surface area (Å²) in [6, 6.07) is 0. The lowest BCUT2D eigenvalue weighted by atomic mass is 9.93. The summed E-state index contributed by atoms with van der Waals surface area (Å²) < 4.78 is 1.82. The molecule has 2 rings (SSSR count). The standard InChI is InChI=1S/C8H12N4S/c1-8(2,3)5-4-13-7-10-6(9)11-12(5)7/h4H,1-3H3,(H2,9,11). The Hall–Kier alpha value is -1.10. The maximum Gasteiger partial charge on any atom is 0.241 e. The van der Waals surface area contributed by atoms with E-state index in [4.69, 9.17) is 5.73 Å². The molecule has 2 N–H and O–H groups in total. The first-order valence-corrected chi connectivity index (χ1v) is 4.96. The van der Waals surface area contributed by atoms with Gasteiger partial charge in [-0.3, -0.25) is 0 Å². The van der Waals surface area contributed by atoms with E-state index in [2.05, 4.69) is 36.2 Å². The molecule has 2 aromatic rings. The topological polar surface area (TPSA) is 56.2 Å². The van der Waals surface area contributed by atoms with Gasteiger partial charge >= 0.3 is 0 Å². The third-order valence-electron chi connectivity index (χ3n) is 1.87. The van der Waals surface area contributed by atoms with Gasteiger partial charge in [0.15, 0.2) is 0 Å². The fraction of sp³-hybridized carbons (Fsp3) is 0.500. The number of anilines is 1. The van der Waals surface area contributed by atoms with E-state index >= 15 is 0 Å². The molecule has 2 heterocycles. The van der Waals surface area contributed by atoms with Crippen LogP contribution in [0.15, 0.2) is 5.38 Å². The van der Waals surface area contributed by atoms with Gasteiger partial charge in [-0.1, -0.05) is 20.8 Å². The molecular formula is C8H12N4S. The summed E-state index contributed by atoms with van der Waals surface area (Å²) in [5, 5.41) is 6.21. The summed E-state index contributed by atoms with van der Waals surface area (Å²) in [6.45, 7) is 6.44. The maximum atomic E-state index is 5.51. The molecule has 70 valence electrons. The molecule has 0 amide bonds. The van der Waals surface area contributed by atoms with Crippen LogP contribution in [-0.4, -0.2) is 14.6 Å². The van der Waals surface area contributed by atoms with Crippen LogP contribution in [0.2, 0.25) is 0 Å². The SMILES string of the molecule is CC(C)(C)c1csc2nc(N)nn12. The number of nitrogens with zero attached hydrogens (tertiary/aromatic N) is 3. The average Bonchev–Trinajstić information content (AvgIpc) is 2.41. The van der Waals surface area contributed by atoms with Gasteiger partial charge in [0.1, 0.15) is 0 Å². The fourth-order valence-corrected chi connectivity index (χ4v) is 2.25. The first-order valence-electron chi connectivity index (χ1n) is 4.09. The second-order valence-electron chi connectivity index (χ2n) is 4.04. The summed E-state index contributed by atoms with van der Waals surface area (Å²) in [4.78, 5) is 4.96. The van der Waals surface area contributed by atoms with Gasteiger partial charge in [-0.25, -0.2) is 4.52 Å². The molecule has 0 aliphatic rings. The molecule has 13 heavy (non-hydrogen) atoms. The molecule has 5 heteroatoms.